The largest absolute Gasteiger partial charge is 0.393 e. The van der Waals surface area contributed by atoms with E-state index in [2.05, 4.69) is 43.5 Å². The van der Waals surface area contributed by atoms with Gasteiger partial charge in [0.1, 0.15) is 0 Å². The zero-order valence-electron chi connectivity index (χ0n) is 14.5. The van der Waals surface area contributed by atoms with Crippen LogP contribution >= 0.6 is 0 Å². The second-order valence-corrected chi connectivity index (χ2v) is 7.17. The summed E-state index contributed by atoms with van der Waals surface area (Å²) < 4.78 is 0. The molecule has 0 aliphatic heterocycles. The molecule has 3 N–H and O–H groups in total. The van der Waals surface area contributed by atoms with Crippen molar-refractivity contribution in [2.45, 2.75) is 76.5 Å². The van der Waals surface area contributed by atoms with E-state index in [-0.39, 0.29) is 29.6 Å². The lowest BCUT2D eigenvalue weighted by atomic mass is 9.76. The first-order chi connectivity index (χ1) is 10.9. The van der Waals surface area contributed by atoms with Crippen LogP contribution in [0.5, 0.6) is 0 Å². The SMILES string of the molecule is CCC(NC(=O)NC1CCC(O)CC1)C(C)(C)c1ccccc1. The molecule has 1 aromatic carbocycles. The van der Waals surface area contributed by atoms with Crippen LogP contribution in [0.3, 0.4) is 0 Å². The summed E-state index contributed by atoms with van der Waals surface area (Å²) in [5.74, 6) is 0. The highest BCUT2D eigenvalue weighted by Crippen LogP contribution is 2.28. The molecule has 23 heavy (non-hydrogen) atoms. The van der Waals surface area contributed by atoms with Crippen molar-refractivity contribution < 1.29 is 9.90 Å². The monoisotopic (exact) mass is 318 g/mol. The van der Waals surface area contributed by atoms with Crippen molar-refractivity contribution in [2.24, 2.45) is 0 Å². The number of benzene rings is 1. The van der Waals surface area contributed by atoms with Gasteiger partial charge in [-0.05, 0) is 37.7 Å². The highest BCUT2D eigenvalue weighted by atomic mass is 16.3. The zero-order valence-corrected chi connectivity index (χ0v) is 14.5. The summed E-state index contributed by atoms with van der Waals surface area (Å²) in [5, 5.41) is 15.8. The van der Waals surface area contributed by atoms with Gasteiger partial charge in [0.2, 0.25) is 0 Å². The van der Waals surface area contributed by atoms with Gasteiger partial charge in [-0.1, -0.05) is 51.1 Å². The van der Waals surface area contributed by atoms with Gasteiger partial charge in [-0.15, -0.1) is 0 Å². The van der Waals surface area contributed by atoms with Crippen LogP contribution in [0, 0.1) is 0 Å². The van der Waals surface area contributed by atoms with Crippen molar-refractivity contribution in [2.75, 3.05) is 0 Å². The van der Waals surface area contributed by atoms with E-state index in [0.717, 1.165) is 32.1 Å². The van der Waals surface area contributed by atoms with Crippen LogP contribution in [0.4, 0.5) is 4.79 Å². The van der Waals surface area contributed by atoms with E-state index in [4.69, 9.17) is 0 Å². The fraction of sp³-hybridized carbons (Fsp3) is 0.632. The van der Waals surface area contributed by atoms with Gasteiger partial charge in [-0.3, -0.25) is 0 Å². The topological polar surface area (TPSA) is 61.4 Å². The van der Waals surface area contributed by atoms with Gasteiger partial charge < -0.3 is 15.7 Å². The first-order valence-electron chi connectivity index (χ1n) is 8.74. The fourth-order valence-electron chi connectivity index (χ4n) is 3.47. The summed E-state index contributed by atoms with van der Waals surface area (Å²) in [4.78, 5) is 12.4. The normalized spacial score (nSPS) is 23.1. The Hall–Kier alpha value is -1.55. The van der Waals surface area contributed by atoms with Crippen LogP contribution in [0.25, 0.3) is 0 Å². The van der Waals surface area contributed by atoms with Crippen LogP contribution in [-0.2, 0) is 5.41 Å². The number of hydrogen-bond acceptors (Lipinski definition) is 2. The number of carbonyl (C=O) groups is 1. The van der Waals surface area contributed by atoms with Gasteiger partial charge in [0, 0.05) is 17.5 Å². The Morgan fingerprint density at radius 1 is 1.22 bits per heavy atom. The minimum atomic E-state index is -0.198. The maximum atomic E-state index is 12.4. The maximum Gasteiger partial charge on any atom is 0.315 e. The summed E-state index contributed by atoms with van der Waals surface area (Å²) in [5.41, 5.74) is 1.10. The predicted octanol–water partition coefficient (Wildman–Crippen LogP) is 3.35. The summed E-state index contributed by atoms with van der Waals surface area (Å²) in [7, 11) is 0. The zero-order chi connectivity index (χ0) is 16.9. The van der Waals surface area contributed by atoms with Crippen LogP contribution in [0.15, 0.2) is 30.3 Å². The first-order valence-corrected chi connectivity index (χ1v) is 8.74. The van der Waals surface area contributed by atoms with Gasteiger partial charge in [-0.2, -0.15) is 0 Å². The van der Waals surface area contributed by atoms with Crippen molar-refractivity contribution in [3.63, 3.8) is 0 Å². The molecular formula is C19H30N2O2. The number of carbonyl (C=O) groups excluding carboxylic acids is 1. The third-order valence-corrected chi connectivity index (χ3v) is 5.13. The molecule has 2 amide bonds. The van der Waals surface area contributed by atoms with E-state index in [9.17, 15) is 9.90 Å². The molecule has 1 unspecified atom stereocenters. The standard InChI is InChI=1S/C19H30N2O2/c1-4-17(19(2,3)14-8-6-5-7-9-14)21-18(23)20-15-10-12-16(22)13-11-15/h5-9,15-17,22H,4,10-13H2,1-3H3,(H2,20,21,23). The summed E-state index contributed by atoms with van der Waals surface area (Å²) in [6, 6.07) is 10.5. The van der Waals surface area contributed by atoms with Crippen molar-refractivity contribution in [3.8, 4) is 0 Å². The second-order valence-electron chi connectivity index (χ2n) is 7.17. The van der Waals surface area contributed by atoms with E-state index in [1.54, 1.807) is 0 Å². The lowest BCUT2D eigenvalue weighted by molar-refractivity contribution is 0.117. The summed E-state index contributed by atoms with van der Waals surface area (Å²) >= 11 is 0. The average molecular weight is 318 g/mol. The smallest absolute Gasteiger partial charge is 0.315 e. The van der Waals surface area contributed by atoms with Gasteiger partial charge in [0.25, 0.3) is 0 Å². The third kappa shape index (κ3) is 4.71. The molecule has 4 nitrogen and oxygen atoms in total. The molecule has 2 rings (SSSR count). The Kier molecular flexibility index (Phi) is 6.05. The number of urea groups is 1. The van der Waals surface area contributed by atoms with Gasteiger partial charge in [0.05, 0.1) is 6.10 Å². The number of aliphatic hydroxyl groups is 1. The molecular weight excluding hydrogens is 288 g/mol. The summed E-state index contributed by atoms with van der Waals surface area (Å²) in [6.45, 7) is 6.45. The predicted molar refractivity (Wildman–Crippen MR) is 93.5 cm³/mol. The lowest BCUT2D eigenvalue weighted by Crippen LogP contribution is -2.53. The highest BCUT2D eigenvalue weighted by molar-refractivity contribution is 5.74. The Morgan fingerprint density at radius 2 is 1.83 bits per heavy atom. The van der Waals surface area contributed by atoms with Gasteiger partial charge in [0.15, 0.2) is 0 Å². The molecule has 1 aliphatic carbocycles. The van der Waals surface area contributed by atoms with Crippen molar-refractivity contribution in [1.82, 2.24) is 10.6 Å². The highest BCUT2D eigenvalue weighted by Gasteiger charge is 2.31. The molecule has 1 atom stereocenters. The van der Waals surface area contributed by atoms with Crippen molar-refractivity contribution >= 4 is 6.03 Å². The molecule has 0 bridgehead atoms. The van der Waals surface area contributed by atoms with E-state index >= 15 is 0 Å². The molecule has 0 spiro atoms. The Bertz CT molecular complexity index is 493. The summed E-state index contributed by atoms with van der Waals surface area (Å²) in [6.07, 6.45) is 3.94. The van der Waals surface area contributed by atoms with Crippen LogP contribution in [0.1, 0.15) is 58.4 Å². The molecule has 1 aliphatic rings. The first kappa shape index (κ1) is 17.8. The number of nitrogens with one attached hydrogen (secondary N) is 2. The van der Waals surface area contributed by atoms with Gasteiger partial charge >= 0.3 is 6.03 Å². The fourth-order valence-corrected chi connectivity index (χ4v) is 3.47. The molecule has 0 heterocycles. The van der Waals surface area contributed by atoms with Crippen LogP contribution in [-0.4, -0.2) is 29.3 Å². The molecule has 1 saturated carbocycles. The number of amides is 2. The van der Waals surface area contributed by atoms with Crippen LogP contribution in [0.2, 0.25) is 0 Å². The molecule has 1 fully saturated rings. The molecule has 0 radical (unpaired) electrons. The van der Waals surface area contributed by atoms with E-state index in [0.29, 0.717) is 0 Å². The Balaban J connectivity index is 1.94. The molecule has 128 valence electrons. The van der Waals surface area contributed by atoms with Crippen molar-refractivity contribution in [3.05, 3.63) is 35.9 Å². The molecule has 4 heteroatoms. The second kappa shape index (κ2) is 7.82. The maximum absolute atomic E-state index is 12.4. The van der Waals surface area contributed by atoms with E-state index in [1.807, 2.05) is 18.2 Å². The lowest BCUT2D eigenvalue weighted by Gasteiger charge is -2.36. The number of rotatable bonds is 5. The quantitative estimate of drug-likeness (QED) is 0.779. The van der Waals surface area contributed by atoms with E-state index < -0.39 is 0 Å². The van der Waals surface area contributed by atoms with E-state index in [1.165, 1.54) is 5.56 Å². The van der Waals surface area contributed by atoms with Crippen molar-refractivity contribution in [1.29, 1.82) is 0 Å². The Morgan fingerprint density at radius 3 is 2.39 bits per heavy atom. The molecule has 0 aromatic heterocycles. The Labute approximate surface area is 139 Å². The molecule has 0 saturated heterocycles. The van der Waals surface area contributed by atoms with Crippen LogP contribution < -0.4 is 10.6 Å². The third-order valence-electron chi connectivity index (χ3n) is 5.13. The number of hydrogen-bond donors (Lipinski definition) is 3. The number of aliphatic hydroxyl groups excluding tert-OH is 1. The minimum absolute atomic E-state index is 0.0686. The molecule has 1 aromatic rings. The minimum Gasteiger partial charge on any atom is -0.393 e. The average Bonchev–Trinajstić information content (AvgIpc) is 2.55. The van der Waals surface area contributed by atoms with Gasteiger partial charge in [-0.25, -0.2) is 4.79 Å².